The number of carbonyl (C=O) groups is 3. The van der Waals surface area contributed by atoms with Crippen molar-refractivity contribution in [3.05, 3.63) is 78.6 Å². The Balaban J connectivity index is 1.36. The summed E-state index contributed by atoms with van der Waals surface area (Å²) in [6.07, 6.45) is 3.36. The number of likely N-dealkylation sites (tertiary alicyclic amines) is 1. The van der Waals surface area contributed by atoms with E-state index in [1.165, 1.54) is 7.05 Å². The second-order valence-corrected chi connectivity index (χ2v) is 9.05. The van der Waals surface area contributed by atoms with E-state index in [0.717, 1.165) is 16.0 Å². The lowest BCUT2D eigenvalue weighted by Crippen LogP contribution is -2.51. The molecule has 5 rings (SSSR count). The first kappa shape index (κ1) is 22.7. The summed E-state index contributed by atoms with van der Waals surface area (Å²) in [4.78, 5) is 52.9. The molecule has 0 saturated carbocycles. The van der Waals surface area contributed by atoms with Crippen LogP contribution >= 0.6 is 0 Å². The molecule has 2 aliphatic heterocycles. The number of piperazine rings is 1. The summed E-state index contributed by atoms with van der Waals surface area (Å²) in [7, 11) is 1.49. The lowest BCUT2D eigenvalue weighted by atomic mass is 9.75. The smallest absolute Gasteiger partial charge is 0.240 e. The van der Waals surface area contributed by atoms with Gasteiger partial charge in [-0.3, -0.25) is 19.3 Å². The SMILES string of the molecule is CN1C(=O)C[C@](CC(=O)N2CCN(c3ncccn3)CC2)(c2ccc(-c3ccccc3)cc2)C1=O. The van der Waals surface area contributed by atoms with Crippen molar-refractivity contribution in [1.82, 2.24) is 19.8 Å². The van der Waals surface area contributed by atoms with E-state index in [2.05, 4.69) is 9.97 Å². The Morgan fingerprint density at radius 3 is 2.09 bits per heavy atom. The maximum absolute atomic E-state index is 13.4. The highest BCUT2D eigenvalue weighted by atomic mass is 16.2. The number of benzene rings is 2. The van der Waals surface area contributed by atoms with Crippen molar-refractivity contribution in [3.8, 4) is 11.1 Å². The van der Waals surface area contributed by atoms with Crippen LogP contribution in [0.3, 0.4) is 0 Å². The summed E-state index contributed by atoms with van der Waals surface area (Å²) in [6, 6.07) is 19.4. The first-order valence-corrected chi connectivity index (χ1v) is 11.7. The highest BCUT2D eigenvalue weighted by Crippen LogP contribution is 2.40. The van der Waals surface area contributed by atoms with Crippen LogP contribution < -0.4 is 4.90 Å². The van der Waals surface area contributed by atoms with Crippen molar-refractivity contribution in [2.24, 2.45) is 0 Å². The van der Waals surface area contributed by atoms with E-state index < -0.39 is 5.41 Å². The Labute approximate surface area is 204 Å². The number of nitrogens with zero attached hydrogens (tertiary/aromatic N) is 5. The van der Waals surface area contributed by atoms with Crippen LogP contribution in [0.5, 0.6) is 0 Å². The van der Waals surface area contributed by atoms with Crippen molar-refractivity contribution < 1.29 is 14.4 Å². The molecule has 0 N–H and O–H groups in total. The fraction of sp³-hybridized carbons (Fsp3) is 0.296. The third-order valence-corrected chi connectivity index (χ3v) is 7.01. The number of rotatable bonds is 5. The minimum Gasteiger partial charge on any atom is -0.339 e. The first-order chi connectivity index (χ1) is 17.0. The van der Waals surface area contributed by atoms with Crippen molar-refractivity contribution in [2.75, 3.05) is 38.1 Å². The van der Waals surface area contributed by atoms with Crippen LogP contribution in [0, 0.1) is 0 Å². The van der Waals surface area contributed by atoms with Crippen molar-refractivity contribution in [1.29, 1.82) is 0 Å². The van der Waals surface area contributed by atoms with Gasteiger partial charge in [0.2, 0.25) is 23.7 Å². The molecule has 0 aliphatic carbocycles. The standard InChI is InChI=1S/C27H27N5O3/c1-30-23(33)18-27(25(30)35,22-10-8-21(9-11-22)20-6-3-2-4-7-20)19-24(34)31-14-16-32(17-15-31)26-28-12-5-13-29-26/h2-13H,14-19H2,1H3/t27-/m0/s1. The Bertz CT molecular complexity index is 1220. The van der Waals surface area contributed by atoms with E-state index in [1.807, 2.05) is 59.5 Å². The van der Waals surface area contributed by atoms with Gasteiger partial charge in [0, 0.05) is 58.5 Å². The molecule has 0 radical (unpaired) electrons. The second-order valence-electron chi connectivity index (χ2n) is 9.05. The molecule has 0 unspecified atom stereocenters. The predicted octanol–water partition coefficient (Wildman–Crippen LogP) is 2.51. The summed E-state index contributed by atoms with van der Waals surface area (Å²) >= 11 is 0. The number of carbonyl (C=O) groups excluding carboxylic acids is 3. The van der Waals surface area contributed by atoms with E-state index in [4.69, 9.17) is 0 Å². The molecule has 3 amide bonds. The zero-order chi connectivity index (χ0) is 24.4. The molecule has 35 heavy (non-hydrogen) atoms. The molecule has 2 fully saturated rings. The molecule has 2 aliphatic rings. The molecule has 1 aromatic heterocycles. The van der Waals surface area contributed by atoms with Gasteiger partial charge in [-0.15, -0.1) is 0 Å². The van der Waals surface area contributed by atoms with Crippen LogP contribution in [-0.4, -0.2) is 70.7 Å². The first-order valence-electron chi connectivity index (χ1n) is 11.7. The van der Waals surface area contributed by atoms with E-state index in [9.17, 15) is 14.4 Å². The van der Waals surface area contributed by atoms with Crippen LogP contribution in [-0.2, 0) is 19.8 Å². The zero-order valence-electron chi connectivity index (χ0n) is 19.6. The quantitative estimate of drug-likeness (QED) is 0.534. The summed E-state index contributed by atoms with van der Waals surface area (Å²) in [5, 5.41) is 0. The number of anilines is 1. The number of imide groups is 1. The van der Waals surface area contributed by atoms with Gasteiger partial charge in [0.15, 0.2) is 0 Å². The molecule has 0 bridgehead atoms. The van der Waals surface area contributed by atoms with Gasteiger partial charge in [0.25, 0.3) is 0 Å². The highest BCUT2D eigenvalue weighted by Gasteiger charge is 2.53. The molecular formula is C27H27N5O3. The van der Waals surface area contributed by atoms with Gasteiger partial charge in [-0.25, -0.2) is 9.97 Å². The normalized spacial score (nSPS) is 20.4. The van der Waals surface area contributed by atoms with Crippen LogP contribution in [0.15, 0.2) is 73.1 Å². The molecule has 8 heteroatoms. The van der Waals surface area contributed by atoms with Crippen molar-refractivity contribution in [3.63, 3.8) is 0 Å². The van der Waals surface area contributed by atoms with Crippen LogP contribution in [0.1, 0.15) is 18.4 Å². The average molecular weight is 470 g/mol. The maximum Gasteiger partial charge on any atom is 0.240 e. The number of aromatic nitrogens is 2. The lowest BCUT2D eigenvalue weighted by molar-refractivity contribution is -0.141. The Morgan fingerprint density at radius 2 is 1.49 bits per heavy atom. The van der Waals surface area contributed by atoms with Gasteiger partial charge in [-0.05, 0) is 22.8 Å². The van der Waals surface area contributed by atoms with Crippen molar-refractivity contribution in [2.45, 2.75) is 18.3 Å². The number of likely N-dealkylation sites (N-methyl/N-ethyl adjacent to an activating group) is 1. The van der Waals surface area contributed by atoms with Gasteiger partial charge in [-0.2, -0.15) is 0 Å². The van der Waals surface area contributed by atoms with Gasteiger partial charge in [0.1, 0.15) is 0 Å². The summed E-state index contributed by atoms with van der Waals surface area (Å²) in [5.74, 6) is -0.0596. The minimum atomic E-state index is -1.18. The zero-order valence-corrected chi connectivity index (χ0v) is 19.6. The summed E-state index contributed by atoms with van der Waals surface area (Å²) in [6.45, 7) is 2.25. The van der Waals surface area contributed by atoms with Crippen molar-refractivity contribution >= 4 is 23.7 Å². The van der Waals surface area contributed by atoms with E-state index in [0.29, 0.717) is 37.7 Å². The molecular weight excluding hydrogens is 442 g/mol. The summed E-state index contributed by atoms with van der Waals surface area (Å²) < 4.78 is 0. The molecule has 178 valence electrons. The average Bonchev–Trinajstić information content (AvgIpc) is 3.13. The minimum absolute atomic E-state index is 0.00340. The topological polar surface area (TPSA) is 86.7 Å². The molecule has 1 atom stereocenters. The van der Waals surface area contributed by atoms with E-state index in [1.54, 1.807) is 23.4 Å². The molecule has 8 nitrogen and oxygen atoms in total. The third-order valence-electron chi connectivity index (χ3n) is 7.01. The van der Waals surface area contributed by atoms with Crippen LogP contribution in [0.2, 0.25) is 0 Å². The largest absolute Gasteiger partial charge is 0.339 e. The molecule has 2 aromatic carbocycles. The highest BCUT2D eigenvalue weighted by molar-refractivity contribution is 6.10. The van der Waals surface area contributed by atoms with E-state index >= 15 is 0 Å². The maximum atomic E-state index is 13.4. The van der Waals surface area contributed by atoms with Gasteiger partial charge >= 0.3 is 0 Å². The van der Waals surface area contributed by atoms with Crippen LogP contribution in [0.4, 0.5) is 5.95 Å². The Kier molecular flexibility index (Phi) is 6.03. The van der Waals surface area contributed by atoms with Gasteiger partial charge in [0.05, 0.1) is 5.41 Å². The molecule has 3 aromatic rings. The fourth-order valence-electron chi connectivity index (χ4n) is 4.95. The van der Waals surface area contributed by atoms with E-state index in [-0.39, 0.29) is 30.6 Å². The lowest BCUT2D eigenvalue weighted by Gasteiger charge is -2.36. The molecule has 3 heterocycles. The third kappa shape index (κ3) is 4.27. The fourth-order valence-corrected chi connectivity index (χ4v) is 4.95. The number of hydrogen-bond donors (Lipinski definition) is 0. The van der Waals surface area contributed by atoms with Crippen LogP contribution in [0.25, 0.3) is 11.1 Å². The number of hydrogen-bond acceptors (Lipinski definition) is 6. The predicted molar refractivity (Wildman–Crippen MR) is 131 cm³/mol. The van der Waals surface area contributed by atoms with Gasteiger partial charge < -0.3 is 9.80 Å². The second kappa shape index (κ2) is 9.29. The molecule has 2 saturated heterocycles. The van der Waals surface area contributed by atoms with Gasteiger partial charge in [-0.1, -0.05) is 54.6 Å². The molecule has 0 spiro atoms. The monoisotopic (exact) mass is 469 g/mol. The Hall–Kier alpha value is -4.07. The Morgan fingerprint density at radius 1 is 0.857 bits per heavy atom. The summed E-state index contributed by atoms with van der Waals surface area (Å²) in [5.41, 5.74) is 1.60. The number of amides is 3.